The number of benzene rings is 2. The highest BCUT2D eigenvalue weighted by molar-refractivity contribution is 7.21. The van der Waals surface area contributed by atoms with Crippen molar-refractivity contribution in [1.29, 1.82) is 0 Å². The summed E-state index contributed by atoms with van der Waals surface area (Å²) in [6.07, 6.45) is -3.53. The molecule has 15 heteroatoms. The van der Waals surface area contributed by atoms with Crippen LogP contribution in [0.1, 0.15) is 25.9 Å². The molecule has 0 aliphatic carbocycles. The first kappa shape index (κ1) is 27.6. The van der Waals surface area contributed by atoms with E-state index in [4.69, 9.17) is 10.5 Å². The van der Waals surface area contributed by atoms with Crippen LogP contribution in [0.2, 0.25) is 0 Å². The predicted molar refractivity (Wildman–Crippen MR) is 136 cm³/mol. The number of fused-ring (bicyclic) bond motifs is 1. The molecule has 2 aromatic carbocycles. The van der Waals surface area contributed by atoms with Crippen LogP contribution in [0, 0.1) is 17.5 Å². The van der Waals surface area contributed by atoms with E-state index in [0.717, 1.165) is 35.0 Å². The highest BCUT2D eigenvalue weighted by Crippen LogP contribution is 2.43. The molecule has 3 heterocycles. The van der Waals surface area contributed by atoms with Crippen molar-refractivity contribution in [1.82, 2.24) is 14.8 Å². The zero-order valence-electron chi connectivity index (χ0n) is 20.3. The lowest BCUT2D eigenvalue weighted by molar-refractivity contribution is -0.140. The van der Waals surface area contributed by atoms with Crippen molar-refractivity contribution < 1.29 is 40.7 Å². The number of thiophene rings is 1. The summed E-state index contributed by atoms with van der Waals surface area (Å²) in [4.78, 5) is 28.5. The van der Waals surface area contributed by atoms with Crippen LogP contribution in [0.25, 0.3) is 21.3 Å². The van der Waals surface area contributed by atoms with Crippen LogP contribution < -0.4 is 15.8 Å². The Labute approximate surface area is 230 Å². The zero-order chi connectivity index (χ0) is 29.5. The van der Waals surface area contributed by atoms with Gasteiger partial charge in [-0.3, -0.25) is 9.59 Å². The van der Waals surface area contributed by atoms with Crippen molar-refractivity contribution in [2.24, 2.45) is 5.73 Å². The van der Waals surface area contributed by atoms with E-state index in [1.807, 2.05) is 0 Å². The first-order valence-electron chi connectivity index (χ1n) is 11.4. The van der Waals surface area contributed by atoms with Gasteiger partial charge in [0.25, 0.3) is 11.8 Å². The van der Waals surface area contributed by atoms with Crippen LogP contribution in [-0.2, 0) is 12.9 Å². The third-order valence-corrected chi connectivity index (χ3v) is 6.79. The Morgan fingerprint density at radius 3 is 2.37 bits per heavy atom. The Morgan fingerprint density at radius 2 is 1.71 bits per heavy atom. The molecule has 0 aliphatic heterocycles. The summed E-state index contributed by atoms with van der Waals surface area (Å²) in [5.41, 5.74) is 3.87. The number of carbonyl (C=O) groups is 2. The zero-order valence-corrected chi connectivity index (χ0v) is 21.1. The Hall–Kier alpha value is -4.92. The van der Waals surface area contributed by atoms with Crippen molar-refractivity contribution in [3.63, 3.8) is 0 Å². The molecule has 2 amide bonds. The smallest absolute Gasteiger partial charge is 0.433 e. The second-order valence-electron chi connectivity index (χ2n) is 8.45. The van der Waals surface area contributed by atoms with E-state index >= 15 is 0 Å². The molecule has 41 heavy (non-hydrogen) atoms. The third kappa shape index (κ3) is 5.70. The van der Waals surface area contributed by atoms with Gasteiger partial charge >= 0.3 is 6.18 Å². The Kier molecular flexibility index (Phi) is 7.13. The number of aromatic nitrogens is 3. The van der Waals surface area contributed by atoms with Crippen molar-refractivity contribution in [3.05, 3.63) is 94.5 Å². The number of rotatable bonds is 7. The van der Waals surface area contributed by atoms with E-state index in [9.17, 15) is 35.9 Å². The molecule has 0 unspecified atom stereocenters. The van der Waals surface area contributed by atoms with E-state index < -0.39 is 41.1 Å². The molecule has 0 bridgehead atoms. The van der Waals surface area contributed by atoms with Crippen molar-refractivity contribution in [2.75, 3.05) is 5.32 Å². The van der Waals surface area contributed by atoms with Crippen LogP contribution in [0.15, 0.2) is 60.8 Å². The number of nitrogens with two attached hydrogens (primary N) is 1. The van der Waals surface area contributed by atoms with Crippen LogP contribution in [0.5, 0.6) is 5.75 Å². The summed E-state index contributed by atoms with van der Waals surface area (Å²) in [5.74, 6) is -4.54. The van der Waals surface area contributed by atoms with Crippen LogP contribution in [0.3, 0.4) is 0 Å². The summed E-state index contributed by atoms with van der Waals surface area (Å²) in [7, 11) is 0. The number of halogens is 6. The van der Waals surface area contributed by atoms with Crippen LogP contribution >= 0.6 is 11.3 Å². The largest absolute Gasteiger partial charge is 0.468 e. The Balaban J connectivity index is 1.51. The van der Waals surface area contributed by atoms with Crippen molar-refractivity contribution in [3.8, 4) is 16.9 Å². The van der Waals surface area contributed by atoms with Gasteiger partial charge in [0.15, 0.2) is 24.0 Å². The third-order valence-electron chi connectivity index (χ3n) is 5.69. The van der Waals surface area contributed by atoms with Gasteiger partial charge in [0, 0.05) is 17.6 Å². The average Bonchev–Trinajstić information content (AvgIpc) is 3.53. The fourth-order valence-electron chi connectivity index (χ4n) is 3.85. The fraction of sp³-hybridized carbons (Fsp3) is 0.0769. The Bertz CT molecular complexity index is 1800. The molecule has 0 radical (unpaired) electrons. The number of anilines is 1. The maximum absolute atomic E-state index is 13.8. The number of ether oxygens (including phenoxy) is 1. The summed E-state index contributed by atoms with van der Waals surface area (Å²) in [6.45, 7) is -0.359. The topological polar surface area (TPSA) is 112 Å². The van der Waals surface area contributed by atoms with E-state index in [1.54, 1.807) is 0 Å². The van der Waals surface area contributed by atoms with Gasteiger partial charge in [-0.15, -0.1) is 11.3 Å². The molecule has 0 spiro atoms. The van der Waals surface area contributed by atoms with E-state index in [-0.39, 0.29) is 50.1 Å². The van der Waals surface area contributed by atoms with Gasteiger partial charge in [-0.2, -0.15) is 18.3 Å². The predicted octanol–water partition coefficient (Wildman–Crippen LogP) is 5.98. The SMILES string of the molecule is NC(=O)c1sc2nc(C(F)(F)F)cc(-c3ccc(F)cc3)c2c1NC(=O)c1ccn(COc2ccc(F)cc2F)n1. The highest BCUT2D eigenvalue weighted by Gasteiger charge is 2.35. The molecule has 0 saturated carbocycles. The summed E-state index contributed by atoms with van der Waals surface area (Å²) in [6, 6.07) is 9.25. The number of amides is 2. The summed E-state index contributed by atoms with van der Waals surface area (Å²) >= 11 is 0.542. The Morgan fingerprint density at radius 1 is 1.00 bits per heavy atom. The van der Waals surface area contributed by atoms with Gasteiger partial charge in [0.1, 0.15) is 27.0 Å². The quantitative estimate of drug-likeness (QED) is 0.226. The maximum Gasteiger partial charge on any atom is 0.433 e. The lowest BCUT2D eigenvalue weighted by atomic mass is 10.0. The van der Waals surface area contributed by atoms with E-state index in [2.05, 4.69) is 15.4 Å². The molecule has 3 aromatic heterocycles. The monoisotopic (exact) mass is 591 g/mol. The van der Waals surface area contributed by atoms with Crippen molar-refractivity contribution in [2.45, 2.75) is 12.9 Å². The second-order valence-corrected chi connectivity index (χ2v) is 9.45. The minimum Gasteiger partial charge on any atom is -0.468 e. The van der Waals surface area contributed by atoms with E-state index in [1.165, 1.54) is 24.4 Å². The van der Waals surface area contributed by atoms with Gasteiger partial charge < -0.3 is 15.8 Å². The lowest BCUT2D eigenvalue weighted by Gasteiger charge is -2.12. The molecular formula is C26H15F6N5O3S. The number of pyridine rings is 1. The normalized spacial score (nSPS) is 11.6. The van der Waals surface area contributed by atoms with Crippen molar-refractivity contribution >= 4 is 39.1 Å². The molecule has 5 aromatic rings. The summed E-state index contributed by atoms with van der Waals surface area (Å²) < 4.78 is 87.8. The minimum absolute atomic E-state index is 0.0219. The van der Waals surface area contributed by atoms with Gasteiger partial charge in [-0.1, -0.05) is 12.1 Å². The fourth-order valence-corrected chi connectivity index (χ4v) is 4.86. The number of hydrogen-bond donors (Lipinski definition) is 2. The molecule has 0 saturated heterocycles. The van der Waals surface area contributed by atoms with Gasteiger partial charge in [0.05, 0.1) is 5.69 Å². The molecule has 210 valence electrons. The van der Waals surface area contributed by atoms with Gasteiger partial charge in [-0.05, 0) is 47.5 Å². The number of nitrogens with zero attached hydrogens (tertiary/aromatic N) is 3. The molecular weight excluding hydrogens is 576 g/mol. The average molecular weight is 591 g/mol. The lowest BCUT2D eigenvalue weighted by Crippen LogP contribution is -2.18. The highest BCUT2D eigenvalue weighted by atomic mass is 32.1. The molecule has 0 atom stereocenters. The van der Waals surface area contributed by atoms with Gasteiger partial charge in [0.2, 0.25) is 0 Å². The number of primary amides is 1. The molecule has 5 rings (SSSR count). The maximum atomic E-state index is 13.8. The number of alkyl halides is 3. The van der Waals surface area contributed by atoms with Crippen LogP contribution in [0.4, 0.5) is 32.0 Å². The van der Waals surface area contributed by atoms with E-state index in [0.29, 0.717) is 17.4 Å². The first-order chi connectivity index (χ1) is 19.4. The van der Waals surface area contributed by atoms with Crippen LogP contribution in [-0.4, -0.2) is 26.6 Å². The van der Waals surface area contributed by atoms with Gasteiger partial charge in [-0.25, -0.2) is 22.8 Å². The number of nitrogens with one attached hydrogen (secondary N) is 1. The molecule has 0 aliphatic rings. The second kappa shape index (κ2) is 10.6. The molecule has 0 fully saturated rings. The summed E-state index contributed by atoms with van der Waals surface area (Å²) in [5, 5.41) is 6.46. The number of hydrogen-bond acceptors (Lipinski definition) is 6. The minimum atomic E-state index is -4.85. The molecule has 3 N–H and O–H groups in total. The standard InChI is InChI=1S/C26H15F6N5O3S/c27-13-3-1-12(2-4-13)15-10-19(26(30,31)32)34-25-20(15)21(22(41-25)23(33)38)35-24(39)17-7-8-37(36-17)11-40-18-6-5-14(28)9-16(18)29/h1-10H,11H2,(H2,33,38)(H,35,39). The first-order valence-corrected chi connectivity index (χ1v) is 12.3. The number of carbonyl (C=O) groups excluding carboxylic acids is 2. The molecule has 8 nitrogen and oxygen atoms in total.